The van der Waals surface area contributed by atoms with Gasteiger partial charge in [-0.2, -0.15) is 0 Å². The fraction of sp³-hybridized carbons (Fsp3) is 0.143. The Hall–Kier alpha value is -3.34. The number of hydrogen-bond donors (Lipinski definition) is 1. The Balaban J connectivity index is 1.78. The lowest BCUT2D eigenvalue weighted by atomic mass is 10.2. The zero-order valence-electron chi connectivity index (χ0n) is 15.1. The Labute approximate surface area is 152 Å². The van der Waals surface area contributed by atoms with Gasteiger partial charge >= 0.3 is 0 Å². The van der Waals surface area contributed by atoms with Gasteiger partial charge in [0.25, 0.3) is 0 Å². The lowest BCUT2D eigenvalue weighted by molar-refractivity contribution is 0.975. The zero-order valence-corrected chi connectivity index (χ0v) is 15.1. The van der Waals surface area contributed by atoms with E-state index in [1.807, 2.05) is 44.7 Å². The molecular weight excluding hydrogens is 322 g/mol. The van der Waals surface area contributed by atoms with Crippen molar-refractivity contribution in [1.29, 1.82) is 0 Å². The number of rotatable bonds is 4. The quantitative estimate of drug-likeness (QED) is 0.595. The first-order valence-electron chi connectivity index (χ1n) is 8.53. The minimum atomic E-state index is 0.851. The first kappa shape index (κ1) is 16.1. The molecule has 0 amide bonds. The minimum Gasteiger partial charge on any atom is -0.378 e. The van der Waals surface area contributed by atoms with Gasteiger partial charge in [-0.25, -0.2) is 4.98 Å². The van der Waals surface area contributed by atoms with Crippen molar-refractivity contribution in [1.82, 2.24) is 14.5 Å². The summed E-state index contributed by atoms with van der Waals surface area (Å²) in [5.41, 5.74) is 5.50. The number of nitrogens with zero attached hydrogens (tertiary/aromatic N) is 4. The first-order valence-corrected chi connectivity index (χ1v) is 8.53. The number of aromatic nitrogens is 3. The van der Waals surface area contributed by atoms with E-state index < -0.39 is 0 Å². The molecule has 130 valence electrons. The van der Waals surface area contributed by atoms with E-state index in [2.05, 4.69) is 62.1 Å². The molecule has 1 N–H and O–H groups in total. The molecule has 4 aromatic rings. The van der Waals surface area contributed by atoms with Crippen LogP contribution in [0.1, 0.15) is 0 Å². The molecular formula is C21H21N5. The SMILES string of the molecule is CN(C)c1cccc(Nc2nccc3c2cc(-c2cccnc2)n3C)c1. The van der Waals surface area contributed by atoms with Gasteiger partial charge in [-0.05, 0) is 42.5 Å². The molecule has 0 aliphatic carbocycles. The van der Waals surface area contributed by atoms with E-state index in [9.17, 15) is 0 Å². The maximum atomic E-state index is 4.57. The summed E-state index contributed by atoms with van der Waals surface area (Å²) in [6.07, 6.45) is 5.52. The molecule has 4 rings (SSSR count). The number of benzene rings is 1. The monoisotopic (exact) mass is 343 g/mol. The summed E-state index contributed by atoms with van der Waals surface area (Å²) in [4.78, 5) is 10.9. The van der Waals surface area contributed by atoms with Gasteiger partial charge in [0.2, 0.25) is 0 Å². The third kappa shape index (κ3) is 2.88. The third-order valence-electron chi connectivity index (χ3n) is 4.55. The molecule has 5 nitrogen and oxygen atoms in total. The van der Waals surface area contributed by atoms with Crippen molar-refractivity contribution in [3.8, 4) is 11.3 Å². The molecule has 0 radical (unpaired) electrons. The summed E-state index contributed by atoms with van der Waals surface area (Å²) in [6, 6.07) is 16.5. The second-order valence-corrected chi connectivity index (χ2v) is 6.49. The van der Waals surface area contributed by atoms with Gasteiger partial charge in [0, 0.05) is 62.1 Å². The molecule has 0 saturated carbocycles. The number of hydrogen-bond acceptors (Lipinski definition) is 4. The Morgan fingerprint density at radius 3 is 2.65 bits per heavy atom. The van der Waals surface area contributed by atoms with Crippen LogP contribution in [0, 0.1) is 0 Å². The molecule has 0 spiro atoms. The van der Waals surface area contributed by atoms with Crippen LogP contribution >= 0.6 is 0 Å². The average Bonchev–Trinajstić information content (AvgIpc) is 3.01. The van der Waals surface area contributed by atoms with Crippen molar-refractivity contribution in [3.05, 3.63) is 67.1 Å². The van der Waals surface area contributed by atoms with Crippen LogP contribution in [0.3, 0.4) is 0 Å². The predicted molar refractivity (Wildman–Crippen MR) is 108 cm³/mol. The van der Waals surface area contributed by atoms with Gasteiger partial charge in [-0.15, -0.1) is 0 Å². The molecule has 0 unspecified atom stereocenters. The predicted octanol–water partition coefficient (Wildman–Crippen LogP) is 4.44. The van der Waals surface area contributed by atoms with Gasteiger partial charge in [0.05, 0.1) is 11.2 Å². The maximum absolute atomic E-state index is 4.57. The number of pyridine rings is 2. The van der Waals surface area contributed by atoms with Gasteiger partial charge in [0.1, 0.15) is 5.82 Å². The highest BCUT2D eigenvalue weighted by Crippen LogP contribution is 2.32. The van der Waals surface area contributed by atoms with E-state index in [0.29, 0.717) is 0 Å². The standard InChI is InChI=1S/C21H21N5/c1-25(2)17-8-4-7-16(12-17)24-21-18-13-20(15-6-5-10-22-14-15)26(3)19(18)9-11-23-21/h4-14H,1-3H3,(H,23,24). The second kappa shape index (κ2) is 6.52. The zero-order chi connectivity index (χ0) is 18.1. The Morgan fingerprint density at radius 2 is 1.88 bits per heavy atom. The van der Waals surface area contributed by atoms with Gasteiger partial charge in [-0.1, -0.05) is 6.07 Å². The van der Waals surface area contributed by atoms with Crippen molar-refractivity contribution in [2.24, 2.45) is 7.05 Å². The van der Waals surface area contributed by atoms with E-state index in [4.69, 9.17) is 0 Å². The summed E-state index contributed by atoms with van der Waals surface area (Å²) >= 11 is 0. The fourth-order valence-electron chi connectivity index (χ4n) is 3.15. The van der Waals surface area contributed by atoms with Crippen LogP contribution in [0.15, 0.2) is 67.1 Å². The molecule has 0 fully saturated rings. The van der Waals surface area contributed by atoms with Gasteiger partial charge in [0.15, 0.2) is 0 Å². The lowest BCUT2D eigenvalue weighted by Gasteiger charge is -2.14. The van der Waals surface area contributed by atoms with Crippen LogP contribution in [-0.2, 0) is 7.05 Å². The summed E-state index contributed by atoms with van der Waals surface area (Å²) < 4.78 is 2.18. The van der Waals surface area contributed by atoms with Crippen molar-refractivity contribution in [2.75, 3.05) is 24.3 Å². The van der Waals surface area contributed by atoms with Crippen LogP contribution in [-0.4, -0.2) is 28.6 Å². The summed E-state index contributed by atoms with van der Waals surface area (Å²) in [6.45, 7) is 0. The molecule has 0 aliphatic rings. The number of fused-ring (bicyclic) bond motifs is 1. The van der Waals surface area contributed by atoms with Crippen molar-refractivity contribution >= 4 is 28.1 Å². The Bertz CT molecular complexity index is 1050. The van der Waals surface area contributed by atoms with Crippen LogP contribution in [0.4, 0.5) is 17.2 Å². The van der Waals surface area contributed by atoms with Gasteiger partial charge < -0.3 is 14.8 Å². The Kier molecular flexibility index (Phi) is 4.05. The molecule has 0 saturated heterocycles. The normalized spacial score (nSPS) is 10.9. The highest BCUT2D eigenvalue weighted by atomic mass is 15.1. The third-order valence-corrected chi connectivity index (χ3v) is 4.55. The first-order chi connectivity index (χ1) is 12.6. The lowest BCUT2D eigenvalue weighted by Crippen LogP contribution is -2.08. The van der Waals surface area contributed by atoms with E-state index in [-0.39, 0.29) is 0 Å². The number of aryl methyl sites for hydroxylation is 1. The van der Waals surface area contributed by atoms with Gasteiger partial charge in [-0.3, -0.25) is 4.98 Å². The van der Waals surface area contributed by atoms with Crippen molar-refractivity contribution < 1.29 is 0 Å². The molecule has 0 bridgehead atoms. The van der Waals surface area contributed by atoms with Crippen molar-refractivity contribution in [2.45, 2.75) is 0 Å². The largest absolute Gasteiger partial charge is 0.378 e. The van der Waals surface area contributed by atoms with Crippen LogP contribution in [0.25, 0.3) is 22.2 Å². The van der Waals surface area contributed by atoms with E-state index in [1.165, 1.54) is 0 Å². The molecule has 1 aromatic carbocycles. The minimum absolute atomic E-state index is 0.851. The summed E-state index contributed by atoms with van der Waals surface area (Å²) in [5, 5.41) is 4.55. The molecule has 3 heterocycles. The molecule has 0 atom stereocenters. The molecule has 5 heteroatoms. The fourth-order valence-corrected chi connectivity index (χ4v) is 3.15. The van der Waals surface area contributed by atoms with E-state index in [1.54, 1.807) is 6.20 Å². The van der Waals surface area contributed by atoms with E-state index >= 15 is 0 Å². The van der Waals surface area contributed by atoms with Crippen LogP contribution in [0.2, 0.25) is 0 Å². The summed E-state index contributed by atoms with van der Waals surface area (Å²) in [5.74, 6) is 0.851. The molecule has 0 aliphatic heterocycles. The van der Waals surface area contributed by atoms with Crippen molar-refractivity contribution in [3.63, 3.8) is 0 Å². The van der Waals surface area contributed by atoms with Crippen LogP contribution < -0.4 is 10.2 Å². The highest BCUT2D eigenvalue weighted by Gasteiger charge is 2.12. The number of anilines is 3. The molecule has 26 heavy (non-hydrogen) atoms. The molecule has 3 aromatic heterocycles. The second-order valence-electron chi connectivity index (χ2n) is 6.49. The Morgan fingerprint density at radius 1 is 1.00 bits per heavy atom. The number of nitrogens with one attached hydrogen (secondary N) is 1. The smallest absolute Gasteiger partial charge is 0.139 e. The topological polar surface area (TPSA) is 46.0 Å². The summed E-state index contributed by atoms with van der Waals surface area (Å²) in [7, 11) is 6.14. The average molecular weight is 343 g/mol. The maximum Gasteiger partial charge on any atom is 0.139 e. The van der Waals surface area contributed by atoms with E-state index in [0.717, 1.165) is 39.4 Å². The van der Waals surface area contributed by atoms with Crippen LogP contribution in [0.5, 0.6) is 0 Å². The highest BCUT2D eigenvalue weighted by molar-refractivity contribution is 5.96.